The Morgan fingerprint density at radius 2 is 1.89 bits per heavy atom. The fourth-order valence-corrected chi connectivity index (χ4v) is 2.03. The quantitative estimate of drug-likeness (QED) is 0.618. The Morgan fingerprint density at radius 3 is 2.28 bits per heavy atom. The number of carbonyl (C=O) groups excluding carboxylic acids is 1. The summed E-state index contributed by atoms with van der Waals surface area (Å²) in [4.78, 5) is 22.4. The van der Waals surface area contributed by atoms with E-state index in [9.17, 15) is 9.59 Å². The van der Waals surface area contributed by atoms with Gasteiger partial charge in [-0.1, -0.05) is 40.7 Å². The highest BCUT2D eigenvalue weighted by Crippen LogP contribution is 2.58. The molecule has 0 aromatic rings. The van der Waals surface area contributed by atoms with E-state index >= 15 is 0 Å². The standard InChI is InChI=1S/C14H22O4/c1-13(2,3)8-18-10(15)7-6-9-11(12(16)17)14(9,4)5/h6-7,9,11H,8H2,1-5H3,(H,16,17). The van der Waals surface area contributed by atoms with Crippen LogP contribution in [-0.2, 0) is 14.3 Å². The number of hydrogen-bond acceptors (Lipinski definition) is 3. The van der Waals surface area contributed by atoms with Crippen molar-refractivity contribution in [1.82, 2.24) is 0 Å². The molecule has 1 N–H and O–H groups in total. The molecule has 0 aromatic carbocycles. The van der Waals surface area contributed by atoms with Crippen LogP contribution in [0, 0.1) is 22.7 Å². The van der Waals surface area contributed by atoms with E-state index < -0.39 is 17.9 Å². The summed E-state index contributed by atoms with van der Waals surface area (Å²) in [6.45, 7) is 10.1. The topological polar surface area (TPSA) is 63.6 Å². The summed E-state index contributed by atoms with van der Waals surface area (Å²) in [6, 6.07) is 0. The van der Waals surface area contributed by atoms with Gasteiger partial charge in [0, 0.05) is 6.08 Å². The largest absolute Gasteiger partial charge is 0.481 e. The van der Waals surface area contributed by atoms with E-state index in [4.69, 9.17) is 9.84 Å². The molecule has 1 fully saturated rings. The fraction of sp³-hybridized carbons (Fsp3) is 0.714. The van der Waals surface area contributed by atoms with Crippen molar-refractivity contribution in [2.45, 2.75) is 34.6 Å². The van der Waals surface area contributed by atoms with Gasteiger partial charge in [-0.2, -0.15) is 0 Å². The van der Waals surface area contributed by atoms with Crippen LogP contribution < -0.4 is 0 Å². The zero-order valence-electron chi connectivity index (χ0n) is 11.7. The summed E-state index contributed by atoms with van der Waals surface area (Å²) >= 11 is 0. The summed E-state index contributed by atoms with van der Waals surface area (Å²) in [6.07, 6.45) is 3.00. The van der Waals surface area contributed by atoms with Gasteiger partial charge in [0.25, 0.3) is 0 Å². The Balaban J connectivity index is 2.47. The van der Waals surface area contributed by atoms with Crippen molar-refractivity contribution < 1.29 is 19.4 Å². The monoisotopic (exact) mass is 254 g/mol. The normalized spacial score (nSPS) is 26.1. The van der Waals surface area contributed by atoms with Gasteiger partial charge in [0.2, 0.25) is 0 Å². The predicted molar refractivity (Wildman–Crippen MR) is 68.0 cm³/mol. The van der Waals surface area contributed by atoms with Gasteiger partial charge < -0.3 is 9.84 Å². The van der Waals surface area contributed by atoms with Crippen molar-refractivity contribution in [1.29, 1.82) is 0 Å². The van der Waals surface area contributed by atoms with Crippen LogP contribution in [0.2, 0.25) is 0 Å². The van der Waals surface area contributed by atoms with Gasteiger partial charge in [0.05, 0.1) is 12.5 Å². The average molecular weight is 254 g/mol. The highest BCUT2D eigenvalue weighted by Gasteiger charge is 2.60. The van der Waals surface area contributed by atoms with Crippen molar-refractivity contribution in [3.8, 4) is 0 Å². The Labute approximate surface area is 108 Å². The van der Waals surface area contributed by atoms with Gasteiger partial charge in [0.1, 0.15) is 0 Å². The molecule has 0 amide bonds. The summed E-state index contributed by atoms with van der Waals surface area (Å²) in [5, 5.41) is 8.98. The van der Waals surface area contributed by atoms with Crippen molar-refractivity contribution in [2.24, 2.45) is 22.7 Å². The van der Waals surface area contributed by atoms with Crippen LogP contribution in [0.15, 0.2) is 12.2 Å². The van der Waals surface area contributed by atoms with Crippen LogP contribution in [0.25, 0.3) is 0 Å². The molecule has 1 rings (SSSR count). The molecular formula is C14H22O4. The lowest BCUT2D eigenvalue weighted by molar-refractivity contribution is -0.141. The number of aliphatic carboxylic acids is 1. The highest BCUT2D eigenvalue weighted by molar-refractivity contribution is 5.83. The Morgan fingerprint density at radius 1 is 1.33 bits per heavy atom. The van der Waals surface area contributed by atoms with Crippen LogP contribution in [0.5, 0.6) is 0 Å². The zero-order valence-corrected chi connectivity index (χ0v) is 11.7. The number of ether oxygens (including phenoxy) is 1. The van der Waals surface area contributed by atoms with Gasteiger partial charge >= 0.3 is 11.9 Å². The van der Waals surface area contributed by atoms with Crippen molar-refractivity contribution in [3.63, 3.8) is 0 Å². The first-order valence-electron chi connectivity index (χ1n) is 6.13. The summed E-state index contributed by atoms with van der Waals surface area (Å²) < 4.78 is 5.08. The van der Waals surface area contributed by atoms with Gasteiger partial charge in [-0.15, -0.1) is 0 Å². The van der Waals surface area contributed by atoms with E-state index in [1.807, 2.05) is 34.6 Å². The highest BCUT2D eigenvalue weighted by atomic mass is 16.5. The molecule has 1 aliphatic rings. The van der Waals surface area contributed by atoms with E-state index in [-0.39, 0.29) is 16.7 Å². The summed E-state index contributed by atoms with van der Waals surface area (Å²) in [5.74, 6) is -1.70. The lowest BCUT2D eigenvalue weighted by atomic mass is 9.99. The maximum absolute atomic E-state index is 11.5. The Bertz CT molecular complexity index is 374. The second-order valence-electron chi connectivity index (χ2n) is 6.69. The van der Waals surface area contributed by atoms with E-state index in [1.54, 1.807) is 6.08 Å². The van der Waals surface area contributed by atoms with Crippen LogP contribution >= 0.6 is 0 Å². The van der Waals surface area contributed by atoms with Crippen molar-refractivity contribution >= 4 is 11.9 Å². The second-order valence-corrected chi connectivity index (χ2v) is 6.69. The third-order valence-electron chi connectivity index (χ3n) is 3.26. The summed E-state index contributed by atoms with van der Waals surface area (Å²) in [5.41, 5.74) is -0.335. The SMILES string of the molecule is CC(C)(C)COC(=O)C=CC1C(C(=O)O)C1(C)C. The predicted octanol–water partition coefficient (Wildman–Crippen LogP) is 2.49. The third kappa shape index (κ3) is 3.59. The van der Waals surface area contributed by atoms with Crippen LogP contribution in [-0.4, -0.2) is 23.7 Å². The molecule has 0 radical (unpaired) electrons. The van der Waals surface area contributed by atoms with E-state index in [1.165, 1.54) is 6.08 Å². The molecule has 102 valence electrons. The van der Waals surface area contributed by atoms with E-state index in [2.05, 4.69) is 0 Å². The molecule has 0 aliphatic heterocycles. The summed E-state index contributed by atoms with van der Waals surface area (Å²) in [7, 11) is 0. The molecule has 1 saturated carbocycles. The van der Waals surface area contributed by atoms with Crippen LogP contribution in [0.3, 0.4) is 0 Å². The smallest absolute Gasteiger partial charge is 0.330 e. The molecule has 18 heavy (non-hydrogen) atoms. The fourth-order valence-electron chi connectivity index (χ4n) is 2.03. The van der Waals surface area contributed by atoms with Crippen LogP contribution in [0.4, 0.5) is 0 Å². The lowest BCUT2D eigenvalue weighted by Crippen LogP contribution is -2.17. The van der Waals surface area contributed by atoms with Gasteiger partial charge in [0.15, 0.2) is 0 Å². The molecule has 0 heterocycles. The lowest BCUT2D eigenvalue weighted by Gasteiger charge is -2.16. The molecule has 0 spiro atoms. The number of carboxylic acid groups (broad SMARTS) is 1. The van der Waals surface area contributed by atoms with Crippen LogP contribution in [0.1, 0.15) is 34.6 Å². The average Bonchev–Trinajstić information content (AvgIpc) is 2.73. The van der Waals surface area contributed by atoms with E-state index in [0.717, 1.165) is 0 Å². The first kappa shape index (κ1) is 14.7. The minimum absolute atomic E-state index is 0.0635. The molecule has 0 bridgehead atoms. The van der Waals surface area contributed by atoms with Crippen molar-refractivity contribution in [2.75, 3.05) is 6.61 Å². The number of rotatable bonds is 4. The molecule has 4 nitrogen and oxygen atoms in total. The Hall–Kier alpha value is -1.32. The minimum atomic E-state index is -0.808. The Kier molecular flexibility index (Phi) is 3.89. The number of carboxylic acids is 1. The molecule has 2 atom stereocenters. The number of carbonyl (C=O) groups is 2. The zero-order chi connectivity index (χ0) is 14.1. The molecule has 1 aliphatic carbocycles. The third-order valence-corrected chi connectivity index (χ3v) is 3.26. The number of allylic oxidation sites excluding steroid dienone is 1. The first-order valence-corrected chi connectivity index (χ1v) is 6.13. The number of esters is 1. The van der Waals surface area contributed by atoms with Crippen molar-refractivity contribution in [3.05, 3.63) is 12.2 Å². The maximum Gasteiger partial charge on any atom is 0.330 e. The first-order chi connectivity index (χ1) is 8.05. The van der Waals surface area contributed by atoms with Gasteiger partial charge in [-0.25, -0.2) is 4.79 Å². The molecule has 2 unspecified atom stereocenters. The minimum Gasteiger partial charge on any atom is -0.481 e. The second kappa shape index (κ2) is 4.75. The molecule has 0 saturated heterocycles. The van der Waals surface area contributed by atoms with E-state index in [0.29, 0.717) is 6.61 Å². The maximum atomic E-state index is 11.5. The molecule has 0 aromatic heterocycles. The number of hydrogen-bond donors (Lipinski definition) is 1. The molecule has 4 heteroatoms. The molecular weight excluding hydrogens is 232 g/mol. The van der Waals surface area contributed by atoms with Gasteiger partial charge in [-0.3, -0.25) is 4.79 Å². The van der Waals surface area contributed by atoms with Gasteiger partial charge in [-0.05, 0) is 16.7 Å².